The van der Waals surface area contributed by atoms with Crippen LogP contribution in [0.15, 0.2) is 79.3 Å². The Morgan fingerprint density at radius 2 is 1.33 bits per heavy atom. The molecule has 0 spiro atoms. The summed E-state index contributed by atoms with van der Waals surface area (Å²) in [6.45, 7) is 7.57. The molecule has 0 saturated heterocycles. The fourth-order valence-corrected chi connectivity index (χ4v) is 5.53. The molecule has 0 aliphatic carbocycles. The molecule has 0 fully saturated rings. The van der Waals surface area contributed by atoms with Gasteiger partial charge in [-0.2, -0.15) is 11.0 Å². The maximum atomic E-state index is 12.1. The number of urea groups is 1. The average Bonchev–Trinajstić information content (AvgIpc) is 3.59. The number of ether oxygens (including phenoxy) is 1. The van der Waals surface area contributed by atoms with Crippen molar-refractivity contribution in [2.75, 3.05) is 0 Å². The third-order valence-corrected chi connectivity index (χ3v) is 7.75. The number of carbonyl (C=O) groups is 2. The van der Waals surface area contributed by atoms with E-state index in [1.807, 2.05) is 52.0 Å². The van der Waals surface area contributed by atoms with Crippen LogP contribution in [0.1, 0.15) is 29.6 Å². The van der Waals surface area contributed by atoms with E-state index < -0.39 is 17.7 Å². The lowest BCUT2D eigenvalue weighted by atomic mass is 10.0. The van der Waals surface area contributed by atoms with Crippen molar-refractivity contribution in [3.63, 3.8) is 0 Å². The number of aryl methyl sites for hydroxylation is 2. The number of hydrogen-bond donors (Lipinski definition) is 3. The van der Waals surface area contributed by atoms with Gasteiger partial charge in [0.2, 0.25) is 11.8 Å². The Balaban J connectivity index is 0.000000179. The number of fused-ring (bicyclic) bond motifs is 2. The van der Waals surface area contributed by atoms with Gasteiger partial charge in [0.1, 0.15) is 16.8 Å². The van der Waals surface area contributed by atoms with Crippen LogP contribution in [-0.2, 0) is 5.54 Å². The van der Waals surface area contributed by atoms with Gasteiger partial charge in [0, 0.05) is 18.3 Å². The number of aromatic nitrogens is 5. The molecule has 0 radical (unpaired) electrons. The predicted octanol–water partition coefficient (Wildman–Crippen LogP) is 6.01. The van der Waals surface area contributed by atoms with Gasteiger partial charge in [-0.15, -0.1) is 22.7 Å². The van der Waals surface area contributed by atoms with Crippen molar-refractivity contribution in [1.29, 1.82) is 0 Å². The summed E-state index contributed by atoms with van der Waals surface area (Å²) in [7, 11) is 0. The molecule has 230 valence electrons. The fourth-order valence-electron chi connectivity index (χ4n) is 3.88. The van der Waals surface area contributed by atoms with Gasteiger partial charge in [-0.25, -0.2) is 29.5 Å². The summed E-state index contributed by atoms with van der Waals surface area (Å²) >= 11 is 3.07. The van der Waals surface area contributed by atoms with E-state index in [0.29, 0.717) is 11.6 Å². The Morgan fingerprint density at radius 3 is 1.91 bits per heavy atom. The zero-order valence-corrected chi connectivity index (χ0v) is 26.2. The number of nitrogens with one attached hydrogen (secondary N) is 3. The van der Waals surface area contributed by atoms with E-state index >= 15 is 0 Å². The van der Waals surface area contributed by atoms with Crippen LogP contribution in [0.3, 0.4) is 0 Å². The highest BCUT2D eigenvalue weighted by atomic mass is 32.1. The number of amides is 3. The van der Waals surface area contributed by atoms with Crippen molar-refractivity contribution >= 4 is 55.2 Å². The van der Waals surface area contributed by atoms with Gasteiger partial charge in [-0.05, 0) is 52.0 Å². The zero-order valence-electron chi connectivity index (χ0n) is 24.6. The maximum absolute atomic E-state index is 12.1. The molecular weight excluding hydrogens is 617 g/mol. The Morgan fingerprint density at radius 1 is 0.756 bits per heavy atom. The molecule has 3 amide bonds. The lowest BCUT2D eigenvalue weighted by Gasteiger charge is -2.25. The van der Waals surface area contributed by atoms with Crippen LogP contribution in [0.5, 0.6) is 17.5 Å². The minimum atomic E-state index is -0.719. The third kappa shape index (κ3) is 8.58. The molecule has 6 rings (SSSR count). The number of nitrogens with zero attached hydrogens (tertiary/aromatic N) is 5. The molecule has 0 aliphatic heterocycles. The first-order valence-electron chi connectivity index (χ1n) is 13.5. The summed E-state index contributed by atoms with van der Waals surface area (Å²) in [6.07, 6.45) is 4.18. The minimum absolute atomic E-state index is 0.274. The molecule has 0 bridgehead atoms. The second kappa shape index (κ2) is 13.9. The van der Waals surface area contributed by atoms with E-state index in [9.17, 15) is 9.59 Å². The summed E-state index contributed by atoms with van der Waals surface area (Å²) in [4.78, 5) is 55.0. The van der Waals surface area contributed by atoms with Crippen LogP contribution in [0, 0.1) is 13.8 Å². The molecule has 5 aromatic heterocycles. The van der Waals surface area contributed by atoms with E-state index in [2.05, 4.69) is 41.2 Å². The molecule has 6 aromatic rings. The highest BCUT2D eigenvalue weighted by molar-refractivity contribution is 7.18. The monoisotopic (exact) mass is 644 g/mol. The molecule has 5 heterocycles. The predicted molar refractivity (Wildman–Crippen MR) is 170 cm³/mol. The number of pyridine rings is 3. The highest BCUT2D eigenvalue weighted by Crippen LogP contribution is 2.25. The minimum Gasteiger partial charge on any atom is -0.408 e. The number of hydroxylamine groups is 2. The Kier molecular flexibility index (Phi) is 9.60. The van der Waals surface area contributed by atoms with Crippen LogP contribution in [-0.4, -0.2) is 37.0 Å². The number of benzene rings is 1. The first kappa shape index (κ1) is 31.0. The van der Waals surface area contributed by atoms with Gasteiger partial charge in [0.15, 0.2) is 0 Å². The number of rotatable bonds is 7. The topological polar surface area (TPSA) is 162 Å². The smallest absolute Gasteiger partial charge is 0.408 e. The van der Waals surface area contributed by atoms with Crippen molar-refractivity contribution in [2.24, 2.45) is 0 Å². The summed E-state index contributed by atoms with van der Waals surface area (Å²) in [6, 6.07) is 17.2. The lowest BCUT2D eigenvalue weighted by Crippen LogP contribution is -2.47. The maximum Gasteiger partial charge on any atom is 0.446 e. The van der Waals surface area contributed by atoms with Gasteiger partial charge in [0.05, 0.1) is 43.0 Å². The summed E-state index contributed by atoms with van der Waals surface area (Å²) in [5.41, 5.74) is 6.24. The molecule has 15 heteroatoms. The Bertz CT molecular complexity index is 1920. The zero-order chi connectivity index (χ0) is 31.8. The summed E-state index contributed by atoms with van der Waals surface area (Å²) < 4.78 is 6.91. The SMILES string of the molecule is Cc1nc2cnc(ONC(=O)NC(C)(C)c3ccccn3)cc2s1.Cc1nc2cnc(ONC(=O)Oc3ccccc3)cc2s1. The molecule has 0 saturated carbocycles. The van der Waals surface area contributed by atoms with Gasteiger partial charge in [-0.1, -0.05) is 24.3 Å². The molecule has 0 aliphatic rings. The van der Waals surface area contributed by atoms with Crippen molar-refractivity contribution in [3.8, 4) is 17.5 Å². The third-order valence-electron chi connectivity index (χ3n) is 5.89. The summed E-state index contributed by atoms with van der Waals surface area (Å²) in [5, 5.41) is 4.70. The molecule has 1 aromatic carbocycles. The molecule has 3 N–H and O–H groups in total. The first-order valence-corrected chi connectivity index (χ1v) is 15.1. The largest absolute Gasteiger partial charge is 0.446 e. The normalized spacial score (nSPS) is 10.8. The fraction of sp³-hybridized carbons (Fsp3) is 0.167. The Labute approximate surface area is 265 Å². The summed E-state index contributed by atoms with van der Waals surface area (Å²) in [5.74, 6) is 1.01. The van der Waals surface area contributed by atoms with Crippen LogP contribution in [0.4, 0.5) is 9.59 Å². The first-order chi connectivity index (χ1) is 21.6. The van der Waals surface area contributed by atoms with Crippen LogP contribution >= 0.6 is 22.7 Å². The van der Waals surface area contributed by atoms with Crippen LogP contribution < -0.4 is 30.7 Å². The molecule has 45 heavy (non-hydrogen) atoms. The molecule has 0 unspecified atom stereocenters. The van der Waals surface area contributed by atoms with Crippen molar-refractivity contribution < 1.29 is 24.0 Å². The second-order valence-electron chi connectivity index (χ2n) is 9.85. The molecule has 13 nitrogen and oxygen atoms in total. The molecule has 0 atom stereocenters. The highest BCUT2D eigenvalue weighted by Gasteiger charge is 2.24. The average molecular weight is 645 g/mol. The van der Waals surface area contributed by atoms with Gasteiger partial charge >= 0.3 is 12.1 Å². The van der Waals surface area contributed by atoms with E-state index in [4.69, 9.17) is 14.4 Å². The quantitative estimate of drug-likeness (QED) is 0.176. The lowest BCUT2D eigenvalue weighted by molar-refractivity contribution is 0.138. The standard InChI is InChI=1S/C16H17N5O2S.C14H11N3O3S/c1-10-19-11-9-18-14(8-12(11)24-10)23-21-15(22)20-16(2,3)13-6-4-5-7-17-13;1-9-16-11-8-15-13(7-12(11)21-9)20-17-14(18)19-10-5-3-2-4-6-10/h4-9H,1-3H3,(H2,20,21,22);2-8H,1H3,(H,17,18). The van der Waals surface area contributed by atoms with E-state index in [-0.39, 0.29) is 5.88 Å². The van der Waals surface area contributed by atoms with Crippen molar-refractivity contribution in [3.05, 3.63) is 95.0 Å². The van der Waals surface area contributed by atoms with Gasteiger partial charge in [-0.3, -0.25) is 4.98 Å². The number of thiazole rings is 2. The number of carbonyl (C=O) groups excluding carboxylic acids is 2. The van der Waals surface area contributed by atoms with E-state index in [0.717, 1.165) is 36.1 Å². The second-order valence-corrected chi connectivity index (χ2v) is 12.3. The van der Waals surface area contributed by atoms with Crippen molar-refractivity contribution in [1.82, 2.24) is 41.2 Å². The van der Waals surface area contributed by atoms with E-state index in [1.165, 1.54) is 11.3 Å². The Hall–Kier alpha value is -5.41. The van der Waals surface area contributed by atoms with Crippen LogP contribution in [0.2, 0.25) is 0 Å². The number of hydrogen-bond acceptors (Lipinski definition) is 12. The molecular formula is C30H28N8O5S2. The number of para-hydroxylation sites is 1. The van der Waals surface area contributed by atoms with Crippen molar-refractivity contribution in [2.45, 2.75) is 33.2 Å². The van der Waals surface area contributed by atoms with Gasteiger partial charge < -0.3 is 19.7 Å². The van der Waals surface area contributed by atoms with Gasteiger partial charge in [0.25, 0.3) is 0 Å². The van der Waals surface area contributed by atoms with Crippen LogP contribution in [0.25, 0.3) is 20.4 Å². The van der Waals surface area contributed by atoms with E-state index in [1.54, 1.807) is 66.3 Å².